The summed E-state index contributed by atoms with van der Waals surface area (Å²) in [6, 6.07) is 0. The topological polar surface area (TPSA) is 52.3 Å². The van der Waals surface area contributed by atoms with Crippen molar-refractivity contribution in [1.82, 2.24) is 0 Å². The van der Waals surface area contributed by atoms with Crippen LogP contribution in [0.2, 0.25) is 0 Å². The van der Waals surface area contributed by atoms with E-state index in [4.69, 9.17) is 0 Å². The number of amides is 1. The van der Waals surface area contributed by atoms with Crippen molar-refractivity contribution in [2.24, 2.45) is 5.73 Å². The molecule has 11 heavy (non-hydrogen) atoms. The Morgan fingerprint density at radius 2 is 2.18 bits per heavy atom. The second kappa shape index (κ2) is 2.37. The first-order chi connectivity index (χ1) is 4.93. The van der Waals surface area contributed by atoms with Crippen LogP contribution >= 0.6 is 0 Å². The zero-order chi connectivity index (χ0) is 8.65. The van der Waals surface area contributed by atoms with Crippen LogP contribution in [-0.4, -0.2) is 24.8 Å². The predicted octanol–water partition coefficient (Wildman–Crippen LogP) is 0.00729. The van der Waals surface area contributed by atoms with E-state index in [0.717, 1.165) is 0 Å². The number of hydrogen-bond donors (Lipinski definition) is 1. The van der Waals surface area contributed by atoms with Crippen molar-refractivity contribution in [2.45, 2.75) is 12.3 Å². The molecule has 1 atom stereocenters. The molecular weight excluding hydrogens is 163 g/mol. The Hall–Kier alpha value is -0.780. The van der Waals surface area contributed by atoms with Gasteiger partial charge in [-0.15, -0.1) is 0 Å². The molecule has 1 saturated heterocycles. The van der Waals surface area contributed by atoms with Gasteiger partial charge in [-0.3, -0.25) is 4.79 Å². The van der Waals surface area contributed by atoms with Crippen LogP contribution in [0.1, 0.15) is 0 Å². The van der Waals surface area contributed by atoms with E-state index in [2.05, 4.69) is 10.5 Å². The number of alkyl halides is 3. The Labute approximate surface area is 60.3 Å². The number of primary amides is 1. The Morgan fingerprint density at radius 3 is 2.27 bits per heavy atom. The molecular formula is C5H5F3NO2. The summed E-state index contributed by atoms with van der Waals surface area (Å²) in [5.41, 5.74) is 4.60. The van der Waals surface area contributed by atoms with Crippen molar-refractivity contribution in [3.63, 3.8) is 0 Å². The molecule has 0 aromatic rings. The number of ether oxygens (including phenoxy) is 1. The number of halogens is 3. The first-order valence-electron chi connectivity index (χ1n) is 2.77. The summed E-state index contributed by atoms with van der Waals surface area (Å²) >= 11 is 0. The van der Waals surface area contributed by atoms with Crippen molar-refractivity contribution in [3.05, 3.63) is 5.92 Å². The summed E-state index contributed by atoms with van der Waals surface area (Å²) in [6.45, 7) is -0.545. The monoisotopic (exact) mass is 168 g/mol. The van der Waals surface area contributed by atoms with E-state index in [1.807, 2.05) is 0 Å². The van der Waals surface area contributed by atoms with Crippen LogP contribution in [-0.2, 0) is 9.53 Å². The van der Waals surface area contributed by atoms with Gasteiger partial charge in [0, 0.05) is 0 Å². The molecule has 1 amide bonds. The molecule has 2 N–H and O–H groups in total. The fraction of sp³-hybridized carbons (Fsp3) is 0.600. The van der Waals surface area contributed by atoms with Gasteiger partial charge in [-0.2, -0.15) is 13.2 Å². The van der Waals surface area contributed by atoms with E-state index in [0.29, 0.717) is 0 Å². The van der Waals surface area contributed by atoms with Crippen LogP contribution in [0.4, 0.5) is 13.2 Å². The van der Waals surface area contributed by atoms with Gasteiger partial charge in [0.1, 0.15) is 5.92 Å². The number of carbonyl (C=O) groups excluding carboxylic acids is 1. The van der Waals surface area contributed by atoms with Crippen LogP contribution in [0.5, 0.6) is 0 Å². The molecule has 1 unspecified atom stereocenters. The molecule has 0 aromatic carbocycles. The normalized spacial score (nSPS) is 26.3. The molecule has 3 nitrogen and oxygen atoms in total. The average molecular weight is 168 g/mol. The fourth-order valence-electron chi connectivity index (χ4n) is 0.734. The molecule has 1 fully saturated rings. The largest absolute Gasteiger partial charge is 0.400 e. The maximum Gasteiger partial charge on any atom is 0.400 e. The molecule has 1 radical (unpaired) electrons. The highest BCUT2D eigenvalue weighted by Crippen LogP contribution is 2.38. The molecule has 0 bridgehead atoms. The van der Waals surface area contributed by atoms with Gasteiger partial charge in [-0.1, -0.05) is 0 Å². The van der Waals surface area contributed by atoms with E-state index >= 15 is 0 Å². The Morgan fingerprint density at radius 1 is 1.64 bits per heavy atom. The standard InChI is InChI=1S/C5H5F3NO2/c6-5(7,8)2-1-11-3(2)4(9)10/h3H,1H2,(H2,9,10). The zero-order valence-electron chi connectivity index (χ0n) is 5.31. The molecule has 6 heteroatoms. The lowest BCUT2D eigenvalue weighted by Gasteiger charge is -2.34. The quantitative estimate of drug-likeness (QED) is 0.599. The minimum atomic E-state index is -4.46. The van der Waals surface area contributed by atoms with Crippen molar-refractivity contribution in [2.75, 3.05) is 6.61 Å². The molecule has 0 spiro atoms. The van der Waals surface area contributed by atoms with Gasteiger partial charge in [0.15, 0.2) is 6.10 Å². The highest BCUT2D eigenvalue weighted by atomic mass is 19.4. The van der Waals surface area contributed by atoms with Gasteiger partial charge in [0.25, 0.3) is 0 Å². The van der Waals surface area contributed by atoms with Gasteiger partial charge in [-0.25, -0.2) is 0 Å². The second-order valence-electron chi connectivity index (χ2n) is 2.12. The molecule has 0 aliphatic carbocycles. The Bertz CT molecular complexity index is 179. The molecule has 1 rings (SSSR count). The summed E-state index contributed by atoms with van der Waals surface area (Å²) in [5, 5.41) is 0. The van der Waals surface area contributed by atoms with Gasteiger partial charge >= 0.3 is 6.18 Å². The van der Waals surface area contributed by atoms with Crippen molar-refractivity contribution in [3.8, 4) is 0 Å². The SMILES string of the molecule is NC(=O)C1OC[C]1C(F)(F)F. The van der Waals surface area contributed by atoms with E-state index in [-0.39, 0.29) is 0 Å². The lowest BCUT2D eigenvalue weighted by molar-refractivity contribution is -0.190. The van der Waals surface area contributed by atoms with Crippen LogP contribution in [0, 0.1) is 5.92 Å². The molecule has 1 aliphatic heterocycles. The minimum Gasteiger partial charge on any atom is -0.367 e. The fourth-order valence-corrected chi connectivity index (χ4v) is 0.734. The minimum absolute atomic E-state index is 0.545. The third-order valence-corrected chi connectivity index (χ3v) is 1.34. The van der Waals surface area contributed by atoms with E-state index in [1.165, 1.54) is 0 Å². The molecule has 1 heterocycles. The maximum absolute atomic E-state index is 11.8. The summed E-state index contributed by atoms with van der Waals surface area (Å²) in [4.78, 5) is 10.2. The lowest BCUT2D eigenvalue weighted by atomic mass is 9.97. The number of nitrogens with two attached hydrogens (primary N) is 1. The average Bonchev–Trinajstić information content (AvgIpc) is 1.51. The van der Waals surface area contributed by atoms with Crippen LogP contribution in [0.3, 0.4) is 0 Å². The third kappa shape index (κ3) is 1.45. The summed E-state index contributed by atoms with van der Waals surface area (Å²) in [6.07, 6.45) is -6.02. The van der Waals surface area contributed by atoms with Gasteiger partial charge < -0.3 is 10.5 Å². The number of rotatable bonds is 1. The van der Waals surface area contributed by atoms with Crippen molar-refractivity contribution >= 4 is 5.91 Å². The third-order valence-electron chi connectivity index (χ3n) is 1.34. The van der Waals surface area contributed by atoms with Crippen LogP contribution < -0.4 is 5.73 Å². The van der Waals surface area contributed by atoms with Crippen LogP contribution in [0.25, 0.3) is 0 Å². The summed E-state index contributed by atoms with van der Waals surface area (Å²) < 4.78 is 39.7. The molecule has 0 aromatic heterocycles. The zero-order valence-corrected chi connectivity index (χ0v) is 5.31. The first kappa shape index (κ1) is 8.32. The predicted molar refractivity (Wildman–Crippen MR) is 28.2 cm³/mol. The Balaban J connectivity index is 2.57. The van der Waals surface area contributed by atoms with Crippen molar-refractivity contribution in [1.29, 1.82) is 0 Å². The number of carbonyl (C=O) groups is 1. The van der Waals surface area contributed by atoms with E-state index in [1.54, 1.807) is 0 Å². The van der Waals surface area contributed by atoms with E-state index in [9.17, 15) is 18.0 Å². The smallest absolute Gasteiger partial charge is 0.367 e. The summed E-state index contributed by atoms with van der Waals surface area (Å²) in [7, 11) is 0. The first-order valence-corrected chi connectivity index (χ1v) is 2.77. The van der Waals surface area contributed by atoms with Gasteiger partial charge in [0.05, 0.1) is 6.61 Å². The Kier molecular flexibility index (Phi) is 1.79. The number of hydrogen-bond acceptors (Lipinski definition) is 2. The second-order valence-corrected chi connectivity index (χ2v) is 2.12. The van der Waals surface area contributed by atoms with E-state index < -0.39 is 30.7 Å². The molecule has 0 saturated carbocycles. The highest BCUT2D eigenvalue weighted by Gasteiger charge is 2.54. The maximum atomic E-state index is 11.8. The van der Waals surface area contributed by atoms with Crippen LogP contribution in [0.15, 0.2) is 0 Å². The lowest BCUT2D eigenvalue weighted by Crippen LogP contribution is -2.53. The highest BCUT2D eigenvalue weighted by molar-refractivity contribution is 5.82. The molecule has 63 valence electrons. The van der Waals surface area contributed by atoms with Crippen molar-refractivity contribution < 1.29 is 22.7 Å². The molecule has 1 aliphatic rings. The summed E-state index contributed by atoms with van der Waals surface area (Å²) in [5.74, 6) is -1.99. The van der Waals surface area contributed by atoms with Gasteiger partial charge in [0.2, 0.25) is 5.91 Å². The van der Waals surface area contributed by atoms with Gasteiger partial charge in [-0.05, 0) is 0 Å².